The van der Waals surface area contributed by atoms with Gasteiger partial charge >= 0.3 is 0 Å². The topological polar surface area (TPSA) is 491 Å². The molecule has 81 heavy (non-hydrogen) atoms. The summed E-state index contributed by atoms with van der Waals surface area (Å²) in [6.45, 7) is 12.6. The van der Waals surface area contributed by atoms with Crippen LogP contribution >= 0.6 is 0 Å². The van der Waals surface area contributed by atoms with Crippen molar-refractivity contribution in [2.45, 2.75) is 205 Å². The molecule has 1 heterocycles. The first-order valence-corrected chi connectivity index (χ1v) is 28.3. The molecule has 464 valence electrons. The van der Waals surface area contributed by atoms with Gasteiger partial charge in [-0.25, -0.2) is 0 Å². The lowest BCUT2D eigenvalue weighted by Crippen LogP contribution is -2.62. The molecule has 0 aromatic heterocycles. The zero-order valence-electron chi connectivity index (χ0n) is 48.7. The predicted molar refractivity (Wildman–Crippen MR) is 301 cm³/mol. The number of hydrogen-bond acceptors (Lipinski definition) is 18. The monoisotopic (exact) mass is 1150 g/mol. The second kappa shape index (κ2) is 38.6. The number of aliphatic hydroxyl groups is 2. The van der Waals surface area contributed by atoms with E-state index in [1.807, 2.05) is 0 Å². The molecule has 12 unspecified atom stereocenters. The van der Waals surface area contributed by atoms with Crippen molar-refractivity contribution < 1.29 is 63.0 Å². The van der Waals surface area contributed by atoms with E-state index in [0.717, 1.165) is 12.8 Å². The van der Waals surface area contributed by atoms with Crippen LogP contribution in [0.5, 0.6) is 0 Å². The zero-order chi connectivity index (χ0) is 61.5. The Morgan fingerprint density at radius 2 is 0.926 bits per heavy atom. The van der Waals surface area contributed by atoms with Crippen molar-refractivity contribution in [3.63, 3.8) is 0 Å². The Balaban J connectivity index is 3.83. The Bertz CT molecular complexity index is 2050. The average Bonchev–Trinajstić information content (AvgIpc) is 3.41. The number of nitrogens with one attached hydrogen (secondary N) is 11. The minimum Gasteiger partial charge on any atom is -0.391 e. The highest BCUT2D eigenvalue weighted by Crippen LogP contribution is 2.13. The number of hydrogen-bond donors (Lipinski definition) is 18. The first-order chi connectivity index (χ1) is 38.1. The summed E-state index contributed by atoms with van der Waals surface area (Å²) in [5.41, 5.74) is 29.2. The fraction of sp³-hybridized carbons (Fsp3) is 0.788. The van der Waals surface area contributed by atoms with Gasteiger partial charge in [0.15, 0.2) is 0 Å². The Morgan fingerprint density at radius 3 is 1.35 bits per heavy atom. The third-order valence-electron chi connectivity index (χ3n) is 13.1. The standard InChI is InChI=1S/C52H98N16O13/c1-27(2)11-9-10-12-40(71)59-32(13-19-53)47(76)68-42(31(8)70)52(81)64-35(16-22-56)44(73)63-37-18-24-58-51(80)41(30(7)69)67-48(77)36(17-23-57)61-43(72)33(14-20-54)62-49(78)38(25-28(3)4)66-50(79)39(26-29(5)6)65-45(74)34(15-21-55)60-46(37)75/h27-39,41-42,69-70H,9-26,53-57H2,1-8H3,(H,58,80)(H,59,71)(H,60,75)(H,61,72)(H,62,78)(H,63,73)(H,64,81)(H,65,74)(H,66,79)(H,67,77)(H,68,76). The van der Waals surface area contributed by atoms with Gasteiger partial charge in [-0.15, -0.1) is 0 Å². The highest BCUT2D eigenvalue weighted by atomic mass is 16.3. The summed E-state index contributed by atoms with van der Waals surface area (Å²) >= 11 is 0. The molecule has 0 bridgehead atoms. The van der Waals surface area contributed by atoms with Crippen LogP contribution in [0.25, 0.3) is 0 Å². The van der Waals surface area contributed by atoms with E-state index in [-0.39, 0.29) is 95.9 Å². The maximum atomic E-state index is 14.4. The number of rotatable bonds is 28. The number of nitrogens with two attached hydrogens (primary N) is 5. The van der Waals surface area contributed by atoms with Gasteiger partial charge in [-0.05, 0) is 122 Å². The molecule has 1 aliphatic rings. The molecule has 23 N–H and O–H groups in total. The van der Waals surface area contributed by atoms with Crippen molar-refractivity contribution >= 4 is 65.0 Å². The van der Waals surface area contributed by atoms with Crippen molar-refractivity contribution in [2.24, 2.45) is 46.4 Å². The van der Waals surface area contributed by atoms with Gasteiger partial charge in [0.2, 0.25) is 65.0 Å². The molecular weight excluding hydrogens is 1060 g/mol. The van der Waals surface area contributed by atoms with Crippen LogP contribution in [0.2, 0.25) is 0 Å². The minimum atomic E-state index is -1.69. The summed E-state index contributed by atoms with van der Waals surface area (Å²) in [4.78, 5) is 152. The van der Waals surface area contributed by atoms with Gasteiger partial charge in [0.1, 0.15) is 60.4 Å². The van der Waals surface area contributed by atoms with Gasteiger partial charge in [0, 0.05) is 13.0 Å². The Kier molecular flexibility index (Phi) is 34.7. The molecule has 0 saturated carbocycles. The fourth-order valence-corrected chi connectivity index (χ4v) is 8.62. The summed E-state index contributed by atoms with van der Waals surface area (Å²) < 4.78 is 0. The van der Waals surface area contributed by atoms with Crippen LogP contribution in [-0.4, -0.2) is 187 Å². The van der Waals surface area contributed by atoms with E-state index >= 15 is 0 Å². The normalized spacial score (nSPS) is 23.2. The van der Waals surface area contributed by atoms with Gasteiger partial charge in [-0.1, -0.05) is 54.4 Å². The van der Waals surface area contributed by atoms with E-state index in [1.54, 1.807) is 27.7 Å². The molecule has 1 saturated heterocycles. The first kappa shape index (κ1) is 72.9. The molecule has 1 aliphatic heterocycles. The zero-order valence-corrected chi connectivity index (χ0v) is 48.7. The molecule has 0 spiro atoms. The quantitative estimate of drug-likeness (QED) is 0.0325. The van der Waals surface area contributed by atoms with E-state index < -0.39 is 151 Å². The van der Waals surface area contributed by atoms with E-state index in [4.69, 9.17) is 28.7 Å². The predicted octanol–water partition coefficient (Wildman–Crippen LogP) is -5.83. The number of amides is 11. The van der Waals surface area contributed by atoms with E-state index in [0.29, 0.717) is 12.3 Å². The summed E-state index contributed by atoms with van der Waals surface area (Å²) in [5.74, 6) is -9.55. The maximum absolute atomic E-state index is 14.4. The van der Waals surface area contributed by atoms with Crippen LogP contribution in [0.4, 0.5) is 0 Å². The van der Waals surface area contributed by atoms with Gasteiger partial charge in [-0.3, -0.25) is 52.7 Å². The van der Waals surface area contributed by atoms with Crippen molar-refractivity contribution in [2.75, 3.05) is 39.3 Å². The van der Waals surface area contributed by atoms with E-state index in [1.165, 1.54) is 13.8 Å². The summed E-state index contributed by atoms with van der Waals surface area (Å²) in [5, 5.41) is 49.5. The maximum Gasteiger partial charge on any atom is 0.245 e. The van der Waals surface area contributed by atoms with Crippen molar-refractivity contribution in [1.82, 2.24) is 58.5 Å². The van der Waals surface area contributed by atoms with Crippen LogP contribution < -0.4 is 87.2 Å². The SMILES string of the molecule is CC(C)CCCCC(=O)NC(CCN)C(=O)NC(C(=O)NC(CCN)C(=O)NC1CCNC(=O)C(C(C)O)NC(=O)C(CCN)NC(=O)C(CCN)NC(=O)C(CC(C)C)NC(=O)C(CC(C)C)NC(=O)C(CCN)NC1=O)C(C)O. The Morgan fingerprint density at radius 1 is 0.494 bits per heavy atom. The Hall–Kier alpha value is -6.11. The molecular formula is C52H98N16O13. The number of carbonyl (C=O) groups excluding carboxylic acids is 11. The van der Waals surface area contributed by atoms with Crippen LogP contribution in [-0.2, 0) is 52.7 Å². The molecule has 29 heteroatoms. The second-order valence-corrected chi connectivity index (χ2v) is 21.9. The van der Waals surface area contributed by atoms with E-state index in [2.05, 4.69) is 72.3 Å². The minimum absolute atomic E-state index is 0.0139. The third kappa shape index (κ3) is 27.5. The van der Waals surface area contributed by atoms with Crippen molar-refractivity contribution in [3.8, 4) is 0 Å². The second-order valence-electron chi connectivity index (χ2n) is 21.9. The summed E-state index contributed by atoms with van der Waals surface area (Å²) in [6, 6.07) is -14.5. The fourth-order valence-electron chi connectivity index (χ4n) is 8.62. The molecule has 11 amide bonds. The lowest BCUT2D eigenvalue weighted by atomic mass is 9.99. The third-order valence-corrected chi connectivity index (χ3v) is 13.1. The first-order valence-electron chi connectivity index (χ1n) is 28.3. The molecule has 0 aromatic rings. The molecule has 12 atom stereocenters. The molecule has 1 fully saturated rings. The molecule has 0 aliphatic carbocycles. The lowest BCUT2D eigenvalue weighted by molar-refractivity contribution is -0.137. The largest absolute Gasteiger partial charge is 0.391 e. The van der Waals surface area contributed by atoms with Gasteiger partial charge in [0.25, 0.3) is 0 Å². The van der Waals surface area contributed by atoms with Crippen molar-refractivity contribution in [1.29, 1.82) is 0 Å². The Labute approximate surface area is 475 Å². The molecule has 0 aromatic carbocycles. The van der Waals surface area contributed by atoms with Crippen LogP contribution in [0.15, 0.2) is 0 Å². The van der Waals surface area contributed by atoms with E-state index in [9.17, 15) is 63.0 Å². The molecule has 0 radical (unpaired) electrons. The highest BCUT2D eigenvalue weighted by molar-refractivity contribution is 5.99. The van der Waals surface area contributed by atoms with Gasteiger partial charge < -0.3 is 97.4 Å². The van der Waals surface area contributed by atoms with Crippen LogP contribution in [0.3, 0.4) is 0 Å². The van der Waals surface area contributed by atoms with Gasteiger partial charge in [-0.2, -0.15) is 0 Å². The van der Waals surface area contributed by atoms with Crippen LogP contribution in [0.1, 0.15) is 132 Å². The lowest BCUT2D eigenvalue weighted by Gasteiger charge is -2.29. The highest BCUT2D eigenvalue weighted by Gasteiger charge is 2.37. The van der Waals surface area contributed by atoms with Gasteiger partial charge in [0.05, 0.1) is 12.2 Å². The molecule has 29 nitrogen and oxygen atoms in total. The number of unbranched alkanes of at least 4 members (excludes halogenated alkanes) is 1. The smallest absolute Gasteiger partial charge is 0.245 e. The van der Waals surface area contributed by atoms with Crippen LogP contribution in [0, 0.1) is 17.8 Å². The van der Waals surface area contributed by atoms with Crippen molar-refractivity contribution in [3.05, 3.63) is 0 Å². The average molecular weight is 1160 g/mol. The summed E-state index contributed by atoms with van der Waals surface area (Å²) in [7, 11) is 0. The summed E-state index contributed by atoms with van der Waals surface area (Å²) in [6.07, 6.45) is -1.81. The number of carbonyl (C=O) groups is 11. The number of aliphatic hydroxyl groups excluding tert-OH is 2. The molecule has 1 rings (SSSR count).